The molecule has 0 aromatic carbocycles. The van der Waals surface area contributed by atoms with Gasteiger partial charge in [-0.15, -0.1) is 0 Å². The van der Waals surface area contributed by atoms with Crippen molar-refractivity contribution >= 4 is 0 Å². The Kier molecular flexibility index (Phi) is 14.1. The van der Waals surface area contributed by atoms with Gasteiger partial charge in [-0.25, -0.2) is 0 Å². The van der Waals surface area contributed by atoms with Crippen LogP contribution in [0.2, 0.25) is 0 Å². The topological polar surface area (TPSA) is 0 Å². The first kappa shape index (κ1) is 42.6. The quantitative estimate of drug-likeness (QED) is 0.234. The maximum atomic E-state index is 1.67. The molecule has 0 heteroatoms. The van der Waals surface area contributed by atoms with Crippen molar-refractivity contribution in [1.29, 1.82) is 0 Å². The van der Waals surface area contributed by atoms with E-state index in [9.17, 15) is 0 Å². The molecule has 0 spiro atoms. The fourth-order valence-corrected chi connectivity index (χ4v) is 22.1. The van der Waals surface area contributed by atoms with Gasteiger partial charge in [0.05, 0.1) is 0 Å². The Bertz CT molecular complexity index is 1270. The van der Waals surface area contributed by atoms with Gasteiger partial charge >= 0.3 is 0 Å². The molecule has 11 saturated carbocycles. The van der Waals surface area contributed by atoms with E-state index in [2.05, 4.69) is 0 Å². The van der Waals surface area contributed by atoms with Crippen LogP contribution in [0.4, 0.5) is 0 Å². The summed E-state index contributed by atoms with van der Waals surface area (Å²) in [6.45, 7) is 0. The van der Waals surface area contributed by atoms with Crippen molar-refractivity contribution < 1.29 is 0 Å². The smallest absolute Gasteiger partial charge is 0.0323 e. The molecule has 0 radical (unpaired) electrons. The van der Waals surface area contributed by atoms with Crippen molar-refractivity contribution in [1.82, 2.24) is 0 Å². The van der Waals surface area contributed by atoms with Crippen LogP contribution in [-0.4, -0.2) is 0 Å². The second kappa shape index (κ2) is 19.8. The molecule has 0 amide bonds. The second-order valence-electron chi connectivity index (χ2n) is 26.3. The minimum absolute atomic E-state index is 1.10. The Morgan fingerprint density at radius 1 is 0.117 bits per heavy atom. The van der Waals surface area contributed by atoms with Crippen molar-refractivity contribution in [2.24, 2.45) is 118 Å². The van der Waals surface area contributed by atoms with Crippen LogP contribution in [-0.2, 0) is 0 Å². The molecule has 11 aliphatic carbocycles. The van der Waals surface area contributed by atoms with Crippen LogP contribution in [0.3, 0.4) is 0 Å². The Labute approximate surface area is 373 Å². The Morgan fingerprint density at radius 3 is 0.500 bits per heavy atom. The van der Waals surface area contributed by atoms with Crippen molar-refractivity contribution in [3.05, 3.63) is 0 Å². The fraction of sp³-hybridized carbons (Fsp3) is 1.00. The molecule has 0 bridgehead atoms. The zero-order valence-electron chi connectivity index (χ0n) is 39.8. The monoisotopic (exact) mass is 821 g/mol. The number of hydrogen-bond donors (Lipinski definition) is 0. The molecule has 60 heavy (non-hydrogen) atoms. The van der Waals surface area contributed by atoms with E-state index >= 15 is 0 Å². The molecule has 0 saturated heterocycles. The van der Waals surface area contributed by atoms with E-state index in [0.717, 1.165) is 118 Å². The fourth-order valence-electron chi connectivity index (χ4n) is 22.1. The van der Waals surface area contributed by atoms with E-state index in [4.69, 9.17) is 0 Å². The van der Waals surface area contributed by atoms with E-state index in [1.54, 1.807) is 238 Å². The molecule has 0 aliphatic heterocycles. The molecule has 340 valence electrons. The van der Waals surface area contributed by atoms with Crippen molar-refractivity contribution in [3.63, 3.8) is 0 Å². The molecular weight excluding hydrogens is 721 g/mol. The maximum Gasteiger partial charge on any atom is -0.0323 e. The van der Waals surface area contributed by atoms with Crippen molar-refractivity contribution in [2.75, 3.05) is 0 Å². The lowest BCUT2D eigenvalue weighted by atomic mass is 9.44. The molecule has 11 aliphatic rings. The van der Waals surface area contributed by atoms with Gasteiger partial charge in [0.2, 0.25) is 0 Å². The predicted molar refractivity (Wildman–Crippen MR) is 254 cm³/mol. The summed E-state index contributed by atoms with van der Waals surface area (Å²) in [5, 5.41) is 0. The van der Waals surface area contributed by atoms with E-state index in [-0.39, 0.29) is 0 Å². The summed E-state index contributed by atoms with van der Waals surface area (Å²) in [6.07, 6.45) is 64.3. The van der Waals surface area contributed by atoms with Gasteiger partial charge in [-0.3, -0.25) is 0 Å². The third-order valence-corrected chi connectivity index (χ3v) is 24.2. The summed E-state index contributed by atoms with van der Waals surface area (Å²) < 4.78 is 0. The summed E-state index contributed by atoms with van der Waals surface area (Å²) >= 11 is 0. The first-order valence-corrected chi connectivity index (χ1v) is 29.8. The molecular formula is C60H100. The van der Waals surface area contributed by atoms with Crippen molar-refractivity contribution in [2.45, 2.75) is 257 Å². The van der Waals surface area contributed by atoms with Gasteiger partial charge in [0.15, 0.2) is 0 Å². The Balaban J connectivity index is 0.781. The summed E-state index contributed by atoms with van der Waals surface area (Å²) in [4.78, 5) is 0. The maximum absolute atomic E-state index is 1.67. The third-order valence-electron chi connectivity index (χ3n) is 24.2. The second-order valence-corrected chi connectivity index (χ2v) is 26.3. The largest absolute Gasteiger partial charge is 0.0533 e. The molecule has 8 unspecified atom stereocenters. The summed E-state index contributed by atoms with van der Waals surface area (Å²) in [5.41, 5.74) is 0. The molecule has 11 rings (SSSR count). The number of hydrogen-bond acceptors (Lipinski definition) is 0. The molecule has 0 nitrogen and oxygen atoms in total. The van der Waals surface area contributed by atoms with Gasteiger partial charge in [-0.1, -0.05) is 128 Å². The zero-order valence-corrected chi connectivity index (χ0v) is 39.8. The van der Waals surface area contributed by atoms with Gasteiger partial charge < -0.3 is 0 Å². The lowest BCUT2D eigenvalue weighted by molar-refractivity contribution is -0.125. The Hall–Kier alpha value is 0. The highest BCUT2D eigenvalue weighted by Gasteiger charge is 2.58. The van der Waals surface area contributed by atoms with Gasteiger partial charge in [0, 0.05) is 0 Å². The van der Waals surface area contributed by atoms with Crippen molar-refractivity contribution in [3.8, 4) is 0 Å². The van der Waals surface area contributed by atoms with Crippen LogP contribution in [0.15, 0.2) is 0 Å². The lowest BCUT2D eigenvalue weighted by Crippen LogP contribution is -2.54. The van der Waals surface area contributed by atoms with Gasteiger partial charge in [-0.05, 0) is 247 Å². The normalized spacial score (nSPS) is 50.2. The highest BCUT2D eigenvalue weighted by molar-refractivity contribution is 5.07. The molecule has 0 aromatic rings. The minimum Gasteiger partial charge on any atom is -0.0533 e. The van der Waals surface area contributed by atoms with E-state index in [1.807, 2.05) is 0 Å². The average molecular weight is 821 g/mol. The molecule has 0 aromatic heterocycles. The standard InChI is InChI=1S/C60H100/c1-2-6-18-41(17-5-1)43-29-35-46(36-30-43)58-52-24-12-15-27-55(52)60(56-28-16-13-25-53(56)58)48-39-37-47(38-40-48)59-50-22-10-4-9-21-49(50)57(51-23-11-14-26-54(51)59)45-33-31-44(32-34-45)42-19-7-3-8-20-42/h41-60H,1-40H2/t43?,44?,45?,46?,47?,48?,49?,50?,51?,52-,53?,54?,55?,56-,57+,58?,59-,60?/m1/s1. The van der Waals surface area contributed by atoms with Crippen LogP contribution in [0.1, 0.15) is 257 Å². The minimum atomic E-state index is 1.10. The van der Waals surface area contributed by atoms with Crippen LogP contribution < -0.4 is 0 Å². The summed E-state index contributed by atoms with van der Waals surface area (Å²) in [6, 6.07) is 0. The SMILES string of the molecule is C1CCCC(C2CCC(C3C4CCCC[C@H]4C(C4CCC([C@@H]5C6CCCCCC6[C@H](C6CCC(C7CCCCC7)CC6)C6CCCCC65)CC4)C4CCCC[C@H]43)CC2)CC1. The van der Waals surface area contributed by atoms with Crippen LogP contribution in [0.5, 0.6) is 0 Å². The first-order chi connectivity index (χ1) is 29.8. The van der Waals surface area contributed by atoms with Crippen LogP contribution in [0.25, 0.3) is 0 Å². The van der Waals surface area contributed by atoms with E-state index in [1.165, 1.54) is 19.3 Å². The zero-order chi connectivity index (χ0) is 39.8. The van der Waals surface area contributed by atoms with E-state index in [0.29, 0.717) is 0 Å². The van der Waals surface area contributed by atoms with Gasteiger partial charge in [0.1, 0.15) is 0 Å². The molecule has 0 N–H and O–H groups in total. The van der Waals surface area contributed by atoms with E-state index < -0.39 is 0 Å². The van der Waals surface area contributed by atoms with Gasteiger partial charge in [0.25, 0.3) is 0 Å². The average Bonchev–Trinajstić information content (AvgIpc) is 3.75. The Morgan fingerprint density at radius 2 is 0.267 bits per heavy atom. The predicted octanol–water partition coefficient (Wildman–Crippen LogP) is 18.1. The third kappa shape index (κ3) is 8.60. The van der Waals surface area contributed by atoms with Gasteiger partial charge in [-0.2, -0.15) is 0 Å². The van der Waals surface area contributed by atoms with Crippen LogP contribution in [0, 0.1) is 118 Å². The van der Waals surface area contributed by atoms with Crippen LogP contribution >= 0.6 is 0 Å². The first-order valence-electron chi connectivity index (χ1n) is 29.8. The molecule has 0 heterocycles. The number of rotatable bonds is 6. The highest BCUT2D eigenvalue weighted by atomic mass is 14.6. The summed E-state index contributed by atoms with van der Waals surface area (Å²) in [7, 11) is 0. The highest BCUT2D eigenvalue weighted by Crippen LogP contribution is 2.66. The lowest BCUT2D eigenvalue weighted by Gasteiger charge is -2.61. The summed E-state index contributed by atoms with van der Waals surface area (Å²) in [5.74, 6) is 22.4. The molecule has 11 fully saturated rings. The number of fused-ring (bicyclic) bond motifs is 4. The molecule has 12 atom stereocenters.